The molecule has 0 fully saturated rings. The Bertz CT molecular complexity index is 1390. The van der Waals surface area contributed by atoms with E-state index in [-0.39, 0.29) is 28.1 Å². The number of carbonyl (C=O) groups excluding carboxylic acids is 2. The van der Waals surface area contributed by atoms with Crippen LogP contribution in [0.2, 0.25) is 0 Å². The van der Waals surface area contributed by atoms with Gasteiger partial charge >= 0.3 is 24.1 Å². The van der Waals surface area contributed by atoms with Gasteiger partial charge in [0.05, 0.1) is 41.4 Å². The summed E-state index contributed by atoms with van der Waals surface area (Å²) in [6, 6.07) is 11.5. The van der Waals surface area contributed by atoms with Crippen molar-refractivity contribution in [2.24, 2.45) is 5.73 Å². The van der Waals surface area contributed by atoms with Gasteiger partial charge in [0, 0.05) is 11.4 Å². The second-order valence-electron chi connectivity index (χ2n) is 8.22. The van der Waals surface area contributed by atoms with Gasteiger partial charge in [0.2, 0.25) is 0 Å². The molecular formula is C26H22F3N3O6. The molecule has 0 aromatic heterocycles. The number of carboxylic acid groups (broad SMARTS) is 1. The molecule has 2 aromatic rings. The zero-order valence-electron chi connectivity index (χ0n) is 20.4. The number of rotatable bonds is 6. The van der Waals surface area contributed by atoms with Crippen LogP contribution in [0.3, 0.4) is 0 Å². The van der Waals surface area contributed by atoms with Crippen LogP contribution in [0.4, 0.5) is 18.9 Å². The average Bonchev–Trinajstić information content (AvgIpc) is 2.87. The number of esters is 2. The van der Waals surface area contributed by atoms with Crippen molar-refractivity contribution in [1.29, 1.82) is 5.26 Å². The highest BCUT2D eigenvalue weighted by atomic mass is 19.4. The Balaban J connectivity index is 2.30. The van der Waals surface area contributed by atoms with Gasteiger partial charge in [0.15, 0.2) is 6.10 Å². The summed E-state index contributed by atoms with van der Waals surface area (Å²) in [6.07, 6.45) is -6.09. The van der Waals surface area contributed by atoms with E-state index in [2.05, 4.69) is 4.74 Å². The fourth-order valence-corrected chi connectivity index (χ4v) is 4.10. The lowest BCUT2D eigenvalue weighted by atomic mass is 9.80. The molecule has 0 amide bonds. The zero-order chi connectivity index (χ0) is 28.4. The fraction of sp³-hybridized carbons (Fsp3) is 0.231. The van der Waals surface area contributed by atoms with Crippen molar-refractivity contribution in [3.8, 4) is 6.07 Å². The second-order valence-corrected chi connectivity index (χ2v) is 8.22. The number of anilines is 1. The minimum Gasteiger partial charge on any atom is -0.478 e. The Labute approximate surface area is 215 Å². The highest BCUT2D eigenvalue weighted by Crippen LogP contribution is 2.44. The van der Waals surface area contributed by atoms with Crippen LogP contribution in [-0.4, -0.2) is 36.2 Å². The molecule has 3 rings (SSSR count). The van der Waals surface area contributed by atoms with Gasteiger partial charge in [-0.2, -0.15) is 18.4 Å². The molecule has 2 atom stereocenters. The number of allylic oxidation sites excluding steroid dienone is 1. The summed E-state index contributed by atoms with van der Waals surface area (Å²) in [5.41, 5.74) is 4.75. The number of carboxylic acids is 1. The SMILES string of the molecule is COC(=O)[C@@H](C)OC(=O)C1=C(C)N(c2cccc(C(F)(F)F)c2)C(N)=C(C(=O)O)C1c1ccc(C#N)cc1. The molecule has 0 saturated heterocycles. The number of aliphatic carboxylic acids is 1. The Morgan fingerprint density at radius 1 is 1.13 bits per heavy atom. The first-order chi connectivity index (χ1) is 17.8. The number of ether oxygens (including phenoxy) is 2. The van der Waals surface area contributed by atoms with Crippen LogP contribution in [0, 0.1) is 11.3 Å². The number of carbonyl (C=O) groups is 3. The molecule has 0 radical (unpaired) electrons. The predicted molar refractivity (Wildman–Crippen MR) is 127 cm³/mol. The van der Waals surface area contributed by atoms with Crippen molar-refractivity contribution >= 4 is 23.6 Å². The summed E-state index contributed by atoms with van der Waals surface area (Å²) in [4.78, 5) is 38.8. The minimum atomic E-state index is -4.71. The molecule has 0 saturated carbocycles. The number of hydrogen-bond acceptors (Lipinski definition) is 8. The number of methoxy groups -OCH3 is 1. The summed E-state index contributed by atoms with van der Waals surface area (Å²) in [7, 11) is 1.08. The second kappa shape index (κ2) is 10.7. The quantitative estimate of drug-likeness (QED) is 0.534. The summed E-state index contributed by atoms with van der Waals surface area (Å²) in [5.74, 6) is -5.32. The third kappa shape index (κ3) is 5.31. The van der Waals surface area contributed by atoms with Crippen molar-refractivity contribution in [2.45, 2.75) is 32.0 Å². The Kier molecular flexibility index (Phi) is 7.81. The molecule has 1 aliphatic heterocycles. The standard InChI is InChI=1S/C26H22F3N3O6/c1-13-19(25(36)38-14(2)24(35)37-3)20(16-9-7-15(12-30)8-10-16)21(23(33)34)22(31)32(13)18-6-4-5-17(11-18)26(27,28)29/h4-11,14,20H,31H2,1-3H3,(H,33,34)/t14-,20?/m1/s1. The number of benzene rings is 2. The van der Waals surface area contributed by atoms with Gasteiger partial charge in [0.25, 0.3) is 0 Å². The molecule has 0 spiro atoms. The highest BCUT2D eigenvalue weighted by molar-refractivity contribution is 6.01. The first kappa shape index (κ1) is 27.8. The van der Waals surface area contributed by atoms with Crippen molar-refractivity contribution < 1.29 is 42.1 Å². The van der Waals surface area contributed by atoms with Gasteiger partial charge in [-0.15, -0.1) is 0 Å². The minimum absolute atomic E-state index is 0.0248. The molecule has 1 heterocycles. The monoisotopic (exact) mass is 529 g/mol. The van der Waals surface area contributed by atoms with Crippen LogP contribution in [0.5, 0.6) is 0 Å². The van der Waals surface area contributed by atoms with Crippen LogP contribution in [0.15, 0.2) is 71.2 Å². The summed E-state index contributed by atoms with van der Waals surface area (Å²) >= 11 is 0. The molecule has 1 aliphatic rings. The molecule has 1 unspecified atom stereocenters. The molecule has 12 heteroatoms. The summed E-state index contributed by atoms with van der Waals surface area (Å²) in [5, 5.41) is 19.3. The highest BCUT2D eigenvalue weighted by Gasteiger charge is 2.42. The maximum Gasteiger partial charge on any atom is 0.416 e. The van der Waals surface area contributed by atoms with Crippen LogP contribution in [0.1, 0.15) is 36.5 Å². The predicted octanol–water partition coefficient (Wildman–Crippen LogP) is 3.81. The third-order valence-corrected chi connectivity index (χ3v) is 5.89. The number of alkyl halides is 3. The Morgan fingerprint density at radius 3 is 2.29 bits per heavy atom. The van der Waals surface area contributed by atoms with E-state index in [0.29, 0.717) is 0 Å². The molecule has 0 aliphatic carbocycles. The number of nitriles is 1. The lowest BCUT2D eigenvalue weighted by molar-refractivity contribution is -0.162. The van der Waals surface area contributed by atoms with Crippen molar-refractivity contribution in [3.05, 3.63) is 87.9 Å². The van der Waals surface area contributed by atoms with E-state index in [0.717, 1.165) is 30.2 Å². The smallest absolute Gasteiger partial charge is 0.416 e. The topological polar surface area (TPSA) is 143 Å². The Morgan fingerprint density at radius 2 is 1.76 bits per heavy atom. The van der Waals surface area contributed by atoms with Crippen LogP contribution in [0.25, 0.3) is 0 Å². The Hall–Kier alpha value is -4.79. The van der Waals surface area contributed by atoms with Crippen molar-refractivity contribution in [3.63, 3.8) is 0 Å². The van der Waals surface area contributed by atoms with Gasteiger partial charge in [-0.1, -0.05) is 18.2 Å². The number of halogens is 3. The molecule has 0 bridgehead atoms. The van der Waals surface area contributed by atoms with E-state index in [1.54, 1.807) is 0 Å². The zero-order valence-corrected chi connectivity index (χ0v) is 20.4. The van der Waals surface area contributed by atoms with E-state index in [4.69, 9.17) is 15.7 Å². The maximum atomic E-state index is 13.4. The van der Waals surface area contributed by atoms with Gasteiger partial charge in [-0.25, -0.2) is 14.4 Å². The lowest BCUT2D eigenvalue weighted by Crippen LogP contribution is -2.40. The van der Waals surface area contributed by atoms with Crippen molar-refractivity contribution in [1.82, 2.24) is 0 Å². The summed E-state index contributed by atoms with van der Waals surface area (Å²) in [6.45, 7) is 2.61. The molecular weight excluding hydrogens is 507 g/mol. The lowest BCUT2D eigenvalue weighted by Gasteiger charge is -2.37. The van der Waals surface area contributed by atoms with E-state index in [9.17, 15) is 32.7 Å². The van der Waals surface area contributed by atoms with E-state index < -0.39 is 53.1 Å². The van der Waals surface area contributed by atoms with Gasteiger partial charge in [-0.3, -0.25) is 0 Å². The number of nitrogens with two attached hydrogens (primary N) is 1. The summed E-state index contributed by atoms with van der Waals surface area (Å²) < 4.78 is 50.1. The first-order valence-corrected chi connectivity index (χ1v) is 11.0. The molecule has 9 nitrogen and oxygen atoms in total. The average molecular weight is 529 g/mol. The van der Waals surface area contributed by atoms with Gasteiger partial charge in [0.1, 0.15) is 5.82 Å². The normalized spacial score (nSPS) is 16.6. The largest absolute Gasteiger partial charge is 0.478 e. The van der Waals surface area contributed by atoms with Gasteiger partial charge < -0.3 is 25.2 Å². The fourth-order valence-electron chi connectivity index (χ4n) is 4.10. The van der Waals surface area contributed by atoms with E-state index >= 15 is 0 Å². The molecule has 3 N–H and O–H groups in total. The van der Waals surface area contributed by atoms with Crippen LogP contribution in [-0.2, 0) is 30.0 Å². The maximum absolute atomic E-state index is 13.4. The first-order valence-electron chi connectivity index (χ1n) is 11.0. The number of nitrogens with zero attached hydrogens (tertiary/aromatic N) is 2. The van der Waals surface area contributed by atoms with Crippen LogP contribution >= 0.6 is 0 Å². The molecule has 2 aromatic carbocycles. The van der Waals surface area contributed by atoms with E-state index in [1.807, 2.05) is 6.07 Å². The third-order valence-electron chi connectivity index (χ3n) is 5.89. The van der Waals surface area contributed by atoms with Gasteiger partial charge in [-0.05, 0) is 49.7 Å². The molecule has 38 heavy (non-hydrogen) atoms. The molecule has 198 valence electrons. The van der Waals surface area contributed by atoms with Crippen molar-refractivity contribution in [2.75, 3.05) is 12.0 Å². The number of hydrogen-bond donors (Lipinski definition) is 2. The van der Waals surface area contributed by atoms with E-state index in [1.165, 1.54) is 44.2 Å². The van der Waals surface area contributed by atoms with Crippen LogP contribution < -0.4 is 10.6 Å².